The number of halogens is 1. The average Bonchev–Trinajstić information content (AvgIpc) is 2.99. The number of rotatable bonds is 7. The summed E-state index contributed by atoms with van der Waals surface area (Å²) >= 11 is 4.09. The fourth-order valence-corrected chi connectivity index (χ4v) is 4.16. The first-order valence-electron chi connectivity index (χ1n) is 9.61. The summed E-state index contributed by atoms with van der Waals surface area (Å²) in [6, 6.07) is 10.4. The maximum absolute atomic E-state index is 12.7. The van der Waals surface area contributed by atoms with Gasteiger partial charge >= 0.3 is 0 Å². The van der Waals surface area contributed by atoms with Crippen LogP contribution in [-0.2, 0) is 16.0 Å². The van der Waals surface area contributed by atoms with Gasteiger partial charge in [0.2, 0.25) is 5.91 Å². The number of anilines is 1. The molecule has 0 bridgehead atoms. The van der Waals surface area contributed by atoms with E-state index in [9.17, 15) is 19.5 Å². The number of carbonyl (C=O) groups excluding carboxylic acids is 3. The van der Waals surface area contributed by atoms with E-state index in [4.69, 9.17) is 4.74 Å². The number of aryl methyl sites for hydroxylation is 1. The van der Waals surface area contributed by atoms with E-state index in [-0.39, 0.29) is 22.9 Å². The maximum Gasteiger partial charge on any atom is 0.294 e. The van der Waals surface area contributed by atoms with Gasteiger partial charge in [-0.25, -0.2) is 0 Å². The number of nitrogens with zero attached hydrogens (tertiary/aromatic N) is 1. The fourth-order valence-electron chi connectivity index (χ4n) is 2.89. The Morgan fingerprint density at radius 1 is 1.23 bits per heavy atom. The van der Waals surface area contributed by atoms with Gasteiger partial charge in [-0.1, -0.05) is 35.0 Å². The molecule has 0 saturated carbocycles. The molecule has 9 heteroatoms. The van der Waals surface area contributed by atoms with Crippen molar-refractivity contribution in [1.29, 1.82) is 0 Å². The number of thioether (sulfide) groups is 1. The minimum Gasteiger partial charge on any atom is -0.504 e. The molecule has 0 atom stereocenters. The van der Waals surface area contributed by atoms with E-state index in [2.05, 4.69) is 21.2 Å². The van der Waals surface area contributed by atoms with Crippen molar-refractivity contribution in [2.45, 2.75) is 20.3 Å². The Bertz CT molecular complexity index is 1050. The molecule has 0 aromatic heterocycles. The molecule has 1 saturated heterocycles. The summed E-state index contributed by atoms with van der Waals surface area (Å²) < 4.78 is 5.90. The summed E-state index contributed by atoms with van der Waals surface area (Å²) in [6.07, 6.45) is 2.42. The smallest absolute Gasteiger partial charge is 0.294 e. The van der Waals surface area contributed by atoms with Crippen LogP contribution in [0.25, 0.3) is 6.08 Å². The molecule has 0 radical (unpaired) electrons. The molecule has 1 aliphatic rings. The van der Waals surface area contributed by atoms with E-state index in [0.29, 0.717) is 22.3 Å². The Balaban J connectivity index is 1.73. The van der Waals surface area contributed by atoms with E-state index in [0.717, 1.165) is 28.6 Å². The molecule has 3 amide bonds. The fraction of sp³-hybridized carbons (Fsp3) is 0.227. The van der Waals surface area contributed by atoms with Gasteiger partial charge in [0.1, 0.15) is 6.54 Å². The topological polar surface area (TPSA) is 95.9 Å². The third-order valence-corrected chi connectivity index (χ3v) is 6.08. The standard InChI is InChI=1S/C22H21BrN2O5S/c1-3-13-5-7-15(8-6-13)24-20(27)12-25-21(28)19(31-22(25)29)10-14-9-18(30-4-2)17(26)11-16(14)23/h5-11,26H,3-4,12H2,1-2H3,(H,24,27)/b19-10-. The van der Waals surface area contributed by atoms with Crippen molar-refractivity contribution < 1.29 is 24.2 Å². The second-order valence-corrected chi connectivity index (χ2v) is 8.49. The Labute approximate surface area is 192 Å². The van der Waals surface area contributed by atoms with Crippen LogP contribution >= 0.6 is 27.7 Å². The summed E-state index contributed by atoms with van der Waals surface area (Å²) in [5, 5.41) is 12.1. The third kappa shape index (κ3) is 5.48. The van der Waals surface area contributed by atoms with Crippen molar-refractivity contribution in [3.05, 3.63) is 56.9 Å². The first-order valence-corrected chi connectivity index (χ1v) is 11.2. The number of ether oxygens (including phenoxy) is 1. The van der Waals surface area contributed by atoms with Gasteiger partial charge < -0.3 is 15.2 Å². The Morgan fingerprint density at radius 3 is 2.58 bits per heavy atom. The highest BCUT2D eigenvalue weighted by Crippen LogP contribution is 2.37. The van der Waals surface area contributed by atoms with Gasteiger partial charge in [-0.2, -0.15) is 0 Å². The zero-order chi connectivity index (χ0) is 22.5. The molecular formula is C22H21BrN2O5S. The van der Waals surface area contributed by atoms with Crippen LogP contribution in [0.5, 0.6) is 11.5 Å². The lowest BCUT2D eigenvalue weighted by molar-refractivity contribution is -0.127. The number of aromatic hydroxyl groups is 1. The maximum atomic E-state index is 12.7. The SMILES string of the molecule is CCOc1cc(/C=C2\SC(=O)N(CC(=O)Nc3ccc(CC)cc3)C2=O)c(Br)cc1O. The summed E-state index contributed by atoms with van der Waals surface area (Å²) in [4.78, 5) is 38.5. The monoisotopic (exact) mass is 504 g/mol. The molecule has 1 fully saturated rings. The van der Waals surface area contributed by atoms with E-state index < -0.39 is 17.1 Å². The average molecular weight is 505 g/mol. The van der Waals surface area contributed by atoms with Crippen molar-refractivity contribution in [1.82, 2.24) is 4.90 Å². The summed E-state index contributed by atoms with van der Waals surface area (Å²) in [7, 11) is 0. The molecule has 0 spiro atoms. The van der Waals surface area contributed by atoms with Crippen LogP contribution in [-0.4, -0.2) is 40.2 Å². The van der Waals surface area contributed by atoms with E-state index >= 15 is 0 Å². The van der Waals surface area contributed by atoms with Crippen LogP contribution in [0.2, 0.25) is 0 Å². The van der Waals surface area contributed by atoms with Crippen molar-refractivity contribution in [2.24, 2.45) is 0 Å². The Kier molecular flexibility index (Phi) is 7.40. The Hall–Kier alpha value is -2.78. The highest BCUT2D eigenvalue weighted by molar-refractivity contribution is 9.10. The number of phenolic OH excluding ortho intramolecular Hbond substituents is 1. The molecule has 1 heterocycles. The van der Waals surface area contributed by atoms with Crippen molar-refractivity contribution in [2.75, 3.05) is 18.5 Å². The van der Waals surface area contributed by atoms with Gasteiger partial charge in [-0.15, -0.1) is 0 Å². The largest absolute Gasteiger partial charge is 0.504 e. The van der Waals surface area contributed by atoms with Crippen LogP contribution < -0.4 is 10.1 Å². The number of hydrogen-bond acceptors (Lipinski definition) is 6. The van der Waals surface area contributed by atoms with Gasteiger partial charge in [-0.3, -0.25) is 19.3 Å². The molecule has 2 aromatic rings. The first-order chi connectivity index (χ1) is 14.8. The van der Waals surface area contributed by atoms with Crippen LogP contribution in [0, 0.1) is 0 Å². The molecule has 3 rings (SSSR count). The van der Waals surface area contributed by atoms with Crippen molar-refractivity contribution >= 4 is 56.5 Å². The van der Waals surface area contributed by atoms with E-state index in [1.54, 1.807) is 25.1 Å². The molecule has 1 aliphatic heterocycles. The van der Waals surface area contributed by atoms with Crippen LogP contribution in [0.1, 0.15) is 25.0 Å². The van der Waals surface area contributed by atoms with Gasteiger partial charge in [-0.05, 0) is 66.6 Å². The molecular weight excluding hydrogens is 484 g/mol. The zero-order valence-electron chi connectivity index (χ0n) is 17.0. The second kappa shape index (κ2) is 10.0. The zero-order valence-corrected chi connectivity index (χ0v) is 19.4. The molecule has 162 valence electrons. The van der Waals surface area contributed by atoms with Crippen molar-refractivity contribution in [3.8, 4) is 11.5 Å². The predicted octanol–water partition coefficient (Wildman–Crippen LogP) is 4.79. The molecule has 0 aliphatic carbocycles. The molecule has 2 aromatic carbocycles. The highest BCUT2D eigenvalue weighted by Gasteiger charge is 2.36. The molecule has 0 unspecified atom stereocenters. The summed E-state index contributed by atoms with van der Waals surface area (Å²) in [5.74, 6) is -0.783. The van der Waals surface area contributed by atoms with Gasteiger partial charge in [0, 0.05) is 10.2 Å². The number of nitrogens with one attached hydrogen (secondary N) is 1. The Morgan fingerprint density at radius 2 is 1.94 bits per heavy atom. The lowest BCUT2D eigenvalue weighted by Gasteiger charge is -2.12. The van der Waals surface area contributed by atoms with Crippen molar-refractivity contribution in [3.63, 3.8) is 0 Å². The number of benzene rings is 2. The van der Waals surface area contributed by atoms with Gasteiger partial charge in [0.05, 0.1) is 11.5 Å². The minimum absolute atomic E-state index is 0.0392. The number of phenols is 1. The molecule has 7 nitrogen and oxygen atoms in total. The van der Waals surface area contributed by atoms with Gasteiger partial charge in [0.25, 0.3) is 11.1 Å². The molecule has 2 N–H and O–H groups in total. The lowest BCUT2D eigenvalue weighted by atomic mass is 10.1. The quantitative estimate of drug-likeness (QED) is 0.526. The minimum atomic E-state index is -0.551. The number of amides is 3. The van der Waals surface area contributed by atoms with Crippen LogP contribution in [0.3, 0.4) is 0 Å². The first kappa shape index (κ1) is 22.9. The normalized spacial score (nSPS) is 14.9. The number of carbonyl (C=O) groups is 3. The molecule has 31 heavy (non-hydrogen) atoms. The van der Waals surface area contributed by atoms with E-state index in [1.807, 2.05) is 19.1 Å². The second-order valence-electron chi connectivity index (χ2n) is 6.64. The lowest BCUT2D eigenvalue weighted by Crippen LogP contribution is -2.36. The number of imide groups is 1. The van der Waals surface area contributed by atoms with Crippen LogP contribution in [0.15, 0.2) is 45.8 Å². The summed E-state index contributed by atoms with van der Waals surface area (Å²) in [6.45, 7) is 3.81. The van der Waals surface area contributed by atoms with Crippen LogP contribution in [0.4, 0.5) is 10.5 Å². The number of hydrogen-bond donors (Lipinski definition) is 2. The van der Waals surface area contributed by atoms with Gasteiger partial charge in [0.15, 0.2) is 11.5 Å². The highest BCUT2D eigenvalue weighted by atomic mass is 79.9. The summed E-state index contributed by atoms with van der Waals surface area (Å²) in [5.41, 5.74) is 2.30. The predicted molar refractivity (Wildman–Crippen MR) is 124 cm³/mol. The van der Waals surface area contributed by atoms with E-state index in [1.165, 1.54) is 12.1 Å². The third-order valence-electron chi connectivity index (χ3n) is 4.49.